The number of rotatable bonds is 9. The fourth-order valence-electron chi connectivity index (χ4n) is 5.24. The van der Waals surface area contributed by atoms with Gasteiger partial charge in [-0.25, -0.2) is 9.78 Å². The number of hydrogen-bond donors (Lipinski definition) is 1. The molecule has 41 heavy (non-hydrogen) atoms. The number of hydrogen-bond acceptors (Lipinski definition) is 3. The first-order valence-corrected chi connectivity index (χ1v) is 14.3. The highest BCUT2D eigenvalue weighted by Gasteiger charge is 2.29. The highest BCUT2D eigenvalue weighted by molar-refractivity contribution is 5.89. The maximum absolute atomic E-state index is 14.0. The van der Waals surface area contributed by atoms with E-state index in [0.717, 1.165) is 28.9 Å². The van der Waals surface area contributed by atoms with Crippen LogP contribution >= 0.6 is 0 Å². The van der Waals surface area contributed by atoms with Gasteiger partial charge in [0, 0.05) is 12.2 Å². The first-order chi connectivity index (χ1) is 20.0. The quantitative estimate of drug-likeness (QED) is 0.209. The molecule has 0 radical (unpaired) electrons. The zero-order valence-corrected chi connectivity index (χ0v) is 23.9. The van der Waals surface area contributed by atoms with E-state index in [2.05, 4.69) is 24.4 Å². The maximum atomic E-state index is 14.0. The highest BCUT2D eigenvalue weighted by Crippen LogP contribution is 2.27. The van der Waals surface area contributed by atoms with Crippen molar-refractivity contribution in [1.29, 1.82) is 0 Å². The van der Waals surface area contributed by atoms with Gasteiger partial charge in [0.05, 0.1) is 22.6 Å². The maximum Gasteiger partial charge on any atom is 0.322 e. The SMILES string of the molecule is CCc1ccc(NC(=O)N(CCc2ccccc2)C(CC)c2nc3ccccc3c(=O)n2-c2cccc(C)c2)cc1. The summed E-state index contributed by atoms with van der Waals surface area (Å²) in [4.78, 5) is 34.9. The van der Waals surface area contributed by atoms with Gasteiger partial charge in [0.2, 0.25) is 0 Å². The molecule has 0 spiro atoms. The summed E-state index contributed by atoms with van der Waals surface area (Å²) in [7, 11) is 0. The van der Waals surface area contributed by atoms with Gasteiger partial charge in [-0.15, -0.1) is 0 Å². The standard InChI is InChI=1S/C35H36N4O2/c1-4-26-18-20-28(21-19-26)36-35(41)38(23-22-27-13-7-6-8-14-27)32(5-2)33-37-31-17-10-9-16-30(31)34(40)39(33)29-15-11-12-25(3)24-29/h6-21,24,32H,4-5,22-23H2,1-3H3,(H,36,41). The highest BCUT2D eigenvalue weighted by atomic mass is 16.2. The predicted octanol–water partition coefficient (Wildman–Crippen LogP) is 7.48. The second kappa shape index (κ2) is 12.6. The Morgan fingerprint density at radius 1 is 0.878 bits per heavy atom. The van der Waals surface area contributed by atoms with Crippen molar-refractivity contribution in [1.82, 2.24) is 14.5 Å². The van der Waals surface area contributed by atoms with Crippen LogP contribution < -0.4 is 10.9 Å². The van der Waals surface area contributed by atoms with Crippen LogP contribution in [0.2, 0.25) is 0 Å². The molecule has 0 aliphatic carbocycles. The van der Waals surface area contributed by atoms with E-state index in [0.29, 0.717) is 36.1 Å². The molecule has 1 heterocycles. The lowest BCUT2D eigenvalue weighted by Crippen LogP contribution is -2.42. The van der Waals surface area contributed by atoms with Gasteiger partial charge >= 0.3 is 6.03 Å². The van der Waals surface area contributed by atoms with Gasteiger partial charge in [-0.3, -0.25) is 9.36 Å². The number of amides is 2. The number of nitrogens with one attached hydrogen (secondary N) is 1. The summed E-state index contributed by atoms with van der Waals surface area (Å²) in [5, 5.41) is 3.65. The minimum absolute atomic E-state index is 0.145. The Balaban J connectivity index is 1.62. The van der Waals surface area contributed by atoms with E-state index >= 15 is 0 Å². The fourth-order valence-corrected chi connectivity index (χ4v) is 5.24. The van der Waals surface area contributed by atoms with Crippen molar-refractivity contribution in [2.45, 2.75) is 46.1 Å². The Labute approximate surface area is 241 Å². The third-order valence-corrected chi connectivity index (χ3v) is 7.48. The zero-order chi connectivity index (χ0) is 28.8. The first-order valence-electron chi connectivity index (χ1n) is 14.3. The van der Waals surface area contributed by atoms with Gasteiger partial charge < -0.3 is 10.2 Å². The molecule has 0 aliphatic heterocycles. The molecule has 0 saturated carbocycles. The van der Waals surface area contributed by atoms with E-state index in [1.165, 1.54) is 5.56 Å². The fraction of sp³-hybridized carbons (Fsp3) is 0.229. The molecule has 0 bridgehead atoms. The Morgan fingerprint density at radius 3 is 2.32 bits per heavy atom. The summed E-state index contributed by atoms with van der Waals surface area (Å²) in [6.07, 6.45) is 2.18. The zero-order valence-electron chi connectivity index (χ0n) is 23.9. The van der Waals surface area contributed by atoms with E-state index in [4.69, 9.17) is 4.98 Å². The molecule has 1 N–H and O–H groups in total. The van der Waals surface area contributed by atoms with Gasteiger partial charge in [0.15, 0.2) is 0 Å². The van der Waals surface area contributed by atoms with Crippen LogP contribution in [0.15, 0.2) is 108 Å². The minimum atomic E-state index is -0.452. The Bertz CT molecular complexity index is 1690. The van der Waals surface area contributed by atoms with Crippen LogP contribution in [0.4, 0.5) is 10.5 Å². The Hall–Kier alpha value is -4.71. The summed E-state index contributed by atoms with van der Waals surface area (Å²) in [5.41, 5.74) is 5.32. The number of fused-ring (bicyclic) bond motifs is 1. The van der Waals surface area contributed by atoms with Crippen LogP contribution in [0.5, 0.6) is 0 Å². The molecule has 1 aromatic heterocycles. The number of carbonyl (C=O) groups is 1. The Kier molecular flexibility index (Phi) is 8.59. The van der Waals surface area contributed by atoms with Crippen LogP contribution in [-0.2, 0) is 12.8 Å². The summed E-state index contributed by atoms with van der Waals surface area (Å²) in [5.74, 6) is 0.548. The van der Waals surface area contributed by atoms with E-state index in [9.17, 15) is 9.59 Å². The van der Waals surface area contributed by atoms with Crippen LogP contribution in [0, 0.1) is 6.92 Å². The smallest absolute Gasteiger partial charge is 0.314 e. The summed E-state index contributed by atoms with van der Waals surface area (Å²) in [6, 6.07) is 32.6. The van der Waals surface area contributed by atoms with Crippen LogP contribution in [0.25, 0.3) is 16.6 Å². The third kappa shape index (κ3) is 6.22. The molecule has 0 saturated heterocycles. The number of urea groups is 1. The summed E-state index contributed by atoms with van der Waals surface area (Å²) < 4.78 is 1.68. The monoisotopic (exact) mass is 544 g/mol. The van der Waals surface area contributed by atoms with Crippen molar-refractivity contribution in [3.8, 4) is 5.69 Å². The number of benzene rings is 4. The van der Waals surface area contributed by atoms with E-state index in [1.54, 1.807) is 4.57 Å². The number of para-hydroxylation sites is 1. The minimum Gasteiger partial charge on any atom is -0.314 e. The molecule has 4 aromatic carbocycles. The molecular weight excluding hydrogens is 508 g/mol. The lowest BCUT2D eigenvalue weighted by atomic mass is 10.1. The lowest BCUT2D eigenvalue weighted by molar-refractivity contribution is 0.182. The molecular formula is C35H36N4O2. The van der Waals surface area contributed by atoms with Gasteiger partial charge in [-0.05, 0) is 79.3 Å². The number of aromatic nitrogens is 2. The van der Waals surface area contributed by atoms with Crippen LogP contribution in [0.3, 0.4) is 0 Å². The molecule has 208 valence electrons. The van der Waals surface area contributed by atoms with Gasteiger partial charge in [0.25, 0.3) is 5.56 Å². The second-order valence-corrected chi connectivity index (χ2v) is 10.3. The third-order valence-electron chi connectivity index (χ3n) is 7.48. The topological polar surface area (TPSA) is 67.2 Å². The molecule has 5 aromatic rings. The number of anilines is 1. The first kappa shape index (κ1) is 27.8. The van der Waals surface area contributed by atoms with Crippen molar-refractivity contribution < 1.29 is 4.79 Å². The molecule has 0 aliphatic rings. The van der Waals surface area contributed by atoms with Gasteiger partial charge in [-0.2, -0.15) is 0 Å². The van der Waals surface area contributed by atoms with Crippen LogP contribution in [-0.4, -0.2) is 27.0 Å². The van der Waals surface area contributed by atoms with Gasteiger partial charge in [0.1, 0.15) is 5.82 Å². The summed E-state index contributed by atoms with van der Waals surface area (Å²) >= 11 is 0. The average molecular weight is 545 g/mol. The molecule has 1 unspecified atom stereocenters. The second-order valence-electron chi connectivity index (χ2n) is 10.3. The Morgan fingerprint density at radius 2 is 1.61 bits per heavy atom. The van der Waals surface area contributed by atoms with Crippen molar-refractivity contribution in [3.05, 3.63) is 136 Å². The number of aryl methyl sites for hydroxylation is 2. The molecule has 1 atom stereocenters. The van der Waals surface area contributed by atoms with Crippen molar-refractivity contribution in [3.63, 3.8) is 0 Å². The predicted molar refractivity (Wildman–Crippen MR) is 167 cm³/mol. The molecule has 6 heteroatoms. The van der Waals surface area contributed by atoms with Crippen molar-refractivity contribution >= 4 is 22.6 Å². The molecule has 0 fully saturated rings. The molecule has 5 rings (SSSR count). The van der Waals surface area contributed by atoms with E-state index in [1.807, 2.05) is 110 Å². The lowest BCUT2D eigenvalue weighted by Gasteiger charge is -2.32. The normalized spacial score (nSPS) is 11.8. The largest absolute Gasteiger partial charge is 0.322 e. The molecule has 2 amide bonds. The average Bonchev–Trinajstić information content (AvgIpc) is 3.00. The van der Waals surface area contributed by atoms with Crippen molar-refractivity contribution in [2.24, 2.45) is 0 Å². The van der Waals surface area contributed by atoms with Crippen LogP contribution in [0.1, 0.15) is 48.8 Å². The van der Waals surface area contributed by atoms with E-state index < -0.39 is 6.04 Å². The molecule has 6 nitrogen and oxygen atoms in total. The number of carbonyl (C=O) groups excluding carboxylic acids is 1. The van der Waals surface area contributed by atoms with Gasteiger partial charge in [-0.1, -0.05) is 80.6 Å². The van der Waals surface area contributed by atoms with Crippen molar-refractivity contribution in [2.75, 3.05) is 11.9 Å². The van der Waals surface area contributed by atoms with E-state index in [-0.39, 0.29) is 11.6 Å². The summed E-state index contributed by atoms with van der Waals surface area (Å²) in [6.45, 7) is 6.60. The number of nitrogens with zero attached hydrogens (tertiary/aromatic N) is 3.